The Labute approximate surface area is 120 Å². The second-order valence-corrected chi connectivity index (χ2v) is 5.15. The van der Waals surface area contributed by atoms with Gasteiger partial charge in [-0.2, -0.15) is 0 Å². The molecule has 2 amide bonds. The van der Waals surface area contributed by atoms with E-state index in [-0.39, 0.29) is 11.8 Å². The third-order valence-corrected chi connectivity index (χ3v) is 3.54. The van der Waals surface area contributed by atoms with Gasteiger partial charge in [-0.25, -0.2) is 4.79 Å². The van der Waals surface area contributed by atoms with Gasteiger partial charge in [0.15, 0.2) is 0 Å². The molecule has 0 aliphatic carbocycles. The fourth-order valence-electron chi connectivity index (χ4n) is 1.42. The molecule has 1 aromatic rings. The van der Waals surface area contributed by atoms with Crippen LogP contribution in [-0.2, 0) is 9.59 Å². The van der Waals surface area contributed by atoms with E-state index < -0.39 is 5.97 Å². The van der Waals surface area contributed by atoms with E-state index in [1.165, 1.54) is 24.3 Å². The number of thiophene rings is 1. The van der Waals surface area contributed by atoms with Gasteiger partial charge in [-0.3, -0.25) is 9.59 Å². The number of rotatable bonds is 6. The maximum atomic E-state index is 11.8. The van der Waals surface area contributed by atoms with E-state index in [1.54, 1.807) is 6.07 Å². The number of carbonyl (C=O) groups is 3. The first-order chi connectivity index (χ1) is 9.40. The van der Waals surface area contributed by atoms with Gasteiger partial charge in [0.2, 0.25) is 5.91 Å². The van der Waals surface area contributed by atoms with Crippen molar-refractivity contribution < 1.29 is 19.5 Å². The molecule has 0 spiro atoms. The van der Waals surface area contributed by atoms with Crippen LogP contribution in [0.15, 0.2) is 12.1 Å². The van der Waals surface area contributed by atoms with Crippen molar-refractivity contribution in [3.63, 3.8) is 0 Å². The molecule has 1 aromatic heterocycles. The summed E-state index contributed by atoms with van der Waals surface area (Å²) >= 11 is 1.22. The highest BCUT2D eigenvalue weighted by molar-refractivity contribution is 7.15. The molecule has 0 saturated heterocycles. The number of hydrogen-bond acceptors (Lipinski definition) is 4. The fourth-order valence-corrected chi connectivity index (χ4v) is 2.42. The van der Waals surface area contributed by atoms with Gasteiger partial charge in [0.1, 0.15) is 0 Å². The van der Waals surface area contributed by atoms with Crippen LogP contribution in [0.1, 0.15) is 27.0 Å². The number of carbonyl (C=O) groups excluding carboxylic acids is 2. The lowest BCUT2D eigenvalue weighted by Crippen LogP contribution is -2.33. The first-order valence-electron chi connectivity index (χ1n) is 5.94. The molecule has 0 fully saturated rings. The van der Waals surface area contributed by atoms with Crippen LogP contribution in [0.25, 0.3) is 6.08 Å². The molecule has 1 heterocycles. The topological polar surface area (TPSA) is 95.5 Å². The molecule has 0 radical (unpaired) electrons. The van der Waals surface area contributed by atoms with Gasteiger partial charge < -0.3 is 15.7 Å². The average molecular weight is 296 g/mol. The van der Waals surface area contributed by atoms with Crippen molar-refractivity contribution in [2.75, 3.05) is 13.1 Å². The highest BCUT2D eigenvalue weighted by Gasteiger charge is 2.10. The molecule has 0 unspecified atom stereocenters. The summed E-state index contributed by atoms with van der Waals surface area (Å²) in [7, 11) is 0. The van der Waals surface area contributed by atoms with Gasteiger partial charge >= 0.3 is 5.97 Å². The summed E-state index contributed by atoms with van der Waals surface area (Å²) in [6.07, 6.45) is 2.51. The molecule has 20 heavy (non-hydrogen) atoms. The number of carboxylic acid groups (broad SMARTS) is 1. The number of aryl methyl sites for hydroxylation is 1. The lowest BCUT2D eigenvalue weighted by Gasteiger charge is -2.03. The third kappa shape index (κ3) is 5.23. The summed E-state index contributed by atoms with van der Waals surface area (Å²) in [5.74, 6) is -1.41. The quantitative estimate of drug-likeness (QED) is 0.539. The van der Waals surface area contributed by atoms with Crippen LogP contribution in [0.4, 0.5) is 0 Å². The lowest BCUT2D eigenvalue weighted by molar-refractivity contribution is -0.131. The SMILES string of the molecule is CC(=O)NCCNC(=O)c1cc(C)c(/C=C/C(=O)O)s1. The van der Waals surface area contributed by atoms with Gasteiger partial charge in [0, 0.05) is 31.0 Å². The first-order valence-corrected chi connectivity index (χ1v) is 6.76. The normalized spacial score (nSPS) is 10.5. The summed E-state index contributed by atoms with van der Waals surface area (Å²) in [6.45, 7) is 3.94. The van der Waals surface area contributed by atoms with Gasteiger partial charge in [-0.05, 0) is 24.6 Å². The van der Waals surface area contributed by atoms with Crippen molar-refractivity contribution in [3.05, 3.63) is 27.5 Å². The lowest BCUT2D eigenvalue weighted by atomic mass is 10.2. The Hall–Kier alpha value is -2.15. The Morgan fingerprint density at radius 2 is 1.95 bits per heavy atom. The number of amides is 2. The second kappa shape index (κ2) is 7.44. The molecule has 0 bridgehead atoms. The minimum atomic E-state index is -1.03. The molecule has 7 heteroatoms. The van der Waals surface area contributed by atoms with Crippen LogP contribution < -0.4 is 10.6 Å². The molecule has 0 aromatic carbocycles. The number of nitrogens with one attached hydrogen (secondary N) is 2. The Balaban J connectivity index is 2.59. The van der Waals surface area contributed by atoms with Crippen molar-refractivity contribution >= 4 is 35.2 Å². The Kier molecular flexibility index (Phi) is 5.92. The standard InChI is InChI=1S/C13H16N2O4S/c1-8-7-11(20-10(8)3-4-12(17)18)13(19)15-6-5-14-9(2)16/h3-4,7H,5-6H2,1-2H3,(H,14,16)(H,15,19)(H,17,18)/b4-3+. The summed E-state index contributed by atoms with van der Waals surface area (Å²) in [6, 6.07) is 1.71. The molecule has 1 rings (SSSR count). The number of carboxylic acids is 1. The largest absolute Gasteiger partial charge is 0.478 e. The average Bonchev–Trinajstić information content (AvgIpc) is 2.73. The molecule has 108 valence electrons. The molecule has 0 aliphatic heterocycles. The predicted molar refractivity (Wildman–Crippen MR) is 76.7 cm³/mol. The Morgan fingerprint density at radius 3 is 2.55 bits per heavy atom. The summed E-state index contributed by atoms with van der Waals surface area (Å²) in [4.78, 5) is 34.2. The van der Waals surface area contributed by atoms with Gasteiger partial charge in [-0.15, -0.1) is 11.3 Å². The number of aliphatic carboxylic acids is 1. The van der Waals surface area contributed by atoms with Gasteiger partial charge in [-0.1, -0.05) is 0 Å². The van der Waals surface area contributed by atoms with Crippen molar-refractivity contribution in [2.24, 2.45) is 0 Å². The van der Waals surface area contributed by atoms with Crippen LogP contribution in [0.2, 0.25) is 0 Å². The second-order valence-electron chi connectivity index (χ2n) is 4.07. The van der Waals surface area contributed by atoms with E-state index in [2.05, 4.69) is 10.6 Å². The summed E-state index contributed by atoms with van der Waals surface area (Å²) in [5, 5.41) is 13.8. The van der Waals surface area contributed by atoms with Crippen molar-refractivity contribution in [1.29, 1.82) is 0 Å². The zero-order valence-corrected chi connectivity index (χ0v) is 12.0. The van der Waals surface area contributed by atoms with Crippen LogP contribution in [-0.4, -0.2) is 36.0 Å². The monoisotopic (exact) mass is 296 g/mol. The van der Waals surface area contributed by atoms with Crippen LogP contribution in [0.5, 0.6) is 0 Å². The maximum Gasteiger partial charge on any atom is 0.328 e. The Bertz CT molecular complexity index is 549. The Morgan fingerprint density at radius 1 is 1.30 bits per heavy atom. The summed E-state index contributed by atoms with van der Waals surface area (Å²) in [5.41, 5.74) is 0.847. The molecule has 0 atom stereocenters. The number of hydrogen-bond donors (Lipinski definition) is 3. The summed E-state index contributed by atoms with van der Waals surface area (Å²) < 4.78 is 0. The zero-order chi connectivity index (χ0) is 15.1. The van der Waals surface area contributed by atoms with Crippen LogP contribution in [0.3, 0.4) is 0 Å². The van der Waals surface area contributed by atoms with Crippen LogP contribution in [0, 0.1) is 6.92 Å². The van der Waals surface area contributed by atoms with Gasteiger partial charge in [0.05, 0.1) is 4.88 Å². The molecule has 0 saturated carbocycles. The van der Waals surface area contributed by atoms with E-state index in [1.807, 2.05) is 6.92 Å². The third-order valence-electron chi connectivity index (χ3n) is 2.34. The van der Waals surface area contributed by atoms with Crippen LogP contribution >= 0.6 is 11.3 Å². The molecular formula is C13H16N2O4S. The minimum absolute atomic E-state index is 0.146. The van der Waals surface area contributed by atoms with Crippen molar-refractivity contribution in [1.82, 2.24) is 10.6 Å². The highest BCUT2D eigenvalue weighted by Crippen LogP contribution is 2.23. The molecule has 6 nitrogen and oxygen atoms in total. The zero-order valence-electron chi connectivity index (χ0n) is 11.2. The fraction of sp³-hybridized carbons (Fsp3) is 0.308. The smallest absolute Gasteiger partial charge is 0.328 e. The molecule has 3 N–H and O–H groups in total. The van der Waals surface area contributed by atoms with E-state index >= 15 is 0 Å². The van der Waals surface area contributed by atoms with Gasteiger partial charge in [0.25, 0.3) is 5.91 Å². The highest BCUT2D eigenvalue weighted by atomic mass is 32.1. The molecule has 0 aliphatic rings. The predicted octanol–water partition coefficient (Wildman–Crippen LogP) is 1.02. The molecular weight excluding hydrogens is 280 g/mol. The van der Waals surface area contributed by atoms with E-state index in [0.29, 0.717) is 18.0 Å². The maximum absolute atomic E-state index is 11.8. The van der Waals surface area contributed by atoms with Crippen molar-refractivity contribution in [3.8, 4) is 0 Å². The van der Waals surface area contributed by atoms with E-state index in [9.17, 15) is 14.4 Å². The first kappa shape index (κ1) is 15.9. The van der Waals surface area contributed by atoms with Crippen molar-refractivity contribution in [2.45, 2.75) is 13.8 Å². The minimum Gasteiger partial charge on any atom is -0.478 e. The van der Waals surface area contributed by atoms with E-state index in [4.69, 9.17) is 5.11 Å². The van der Waals surface area contributed by atoms with E-state index in [0.717, 1.165) is 16.5 Å².